The summed E-state index contributed by atoms with van der Waals surface area (Å²) in [5, 5.41) is 23.1. The summed E-state index contributed by atoms with van der Waals surface area (Å²) in [6, 6.07) is 3.94. The monoisotopic (exact) mass is 406 g/mol. The van der Waals surface area contributed by atoms with Gasteiger partial charge in [0.1, 0.15) is 6.04 Å². The molecule has 1 aliphatic rings. The lowest BCUT2D eigenvalue weighted by molar-refractivity contribution is -0.384. The lowest BCUT2D eigenvalue weighted by atomic mass is 9.88. The zero-order chi connectivity index (χ0) is 21.4. The number of carboxylic acids is 1. The fraction of sp³-hybridized carbons (Fsp3) is 0.550. The van der Waals surface area contributed by atoms with Gasteiger partial charge in [0.25, 0.3) is 5.69 Å². The van der Waals surface area contributed by atoms with Crippen molar-refractivity contribution in [3.8, 4) is 0 Å². The van der Waals surface area contributed by atoms with Crippen LogP contribution >= 0.6 is 0 Å². The van der Waals surface area contributed by atoms with Crippen molar-refractivity contribution in [1.82, 2.24) is 5.32 Å². The Bertz CT molecular complexity index is 742. The van der Waals surface area contributed by atoms with E-state index in [1.165, 1.54) is 24.3 Å². The second kappa shape index (κ2) is 10.5. The Labute approximate surface area is 168 Å². The van der Waals surface area contributed by atoms with Crippen LogP contribution in [0, 0.1) is 16.0 Å². The maximum Gasteiger partial charge on any atom is 0.326 e. The van der Waals surface area contributed by atoms with Crippen molar-refractivity contribution in [3.05, 3.63) is 39.9 Å². The number of ether oxygens (including phenoxy) is 1. The maximum absolute atomic E-state index is 12.4. The Kier molecular flexibility index (Phi) is 8.11. The van der Waals surface area contributed by atoms with E-state index in [9.17, 15) is 29.6 Å². The summed E-state index contributed by atoms with van der Waals surface area (Å²) in [5.74, 6) is -2.93. The summed E-state index contributed by atoms with van der Waals surface area (Å²) >= 11 is 0. The van der Waals surface area contributed by atoms with Gasteiger partial charge in [0.05, 0.1) is 18.0 Å². The molecule has 29 heavy (non-hydrogen) atoms. The Morgan fingerprint density at radius 3 is 2.38 bits per heavy atom. The molecule has 1 aromatic rings. The summed E-state index contributed by atoms with van der Waals surface area (Å²) < 4.78 is 4.95. The quantitative estimate of drug-likeness (QED) is 0.346. The number of nitrogens with zero attached hydrogens (tertiary/aromatic N) is 1. The van der Waals surface area contributed by atoms with Gasteiger partial charge in [-0.1, -0.05) is 25.0 Å². The number of non-ortho nitro benzene ring substituents is 1. The van der Waals surface area contributed by atoms with E-state index >= 15 is 0 Å². The molecule has 0 aliphatic heterocycles. The summed E-state index contributed by atoms with van der Waals surface area (Å²) in [6.07, 6.45) is 3.99. The van der Waals surface area contributed by atoms with Crippen LogP contribution in [0.4, 0.5) is 5.69 Å². The highest BCUT2D eigenvalue weighted by Crippen LogP contribution is 2.29. The average molecular weight is 406 g/mol. The van der Waals surface area contributed by atoms with Crippen molar-refractivity contribution >= 4 is 23.5 Å². The maximum atomic E-state index is 12.4. The number of benzene rings is 1. The topological polar surface area (TPSA) is 136 Å². The molecule has 0 aromatic heterocycles. The van der Waals surface area contributed by atoms with Crippen LogP contribution in [0.5, 0.6) is 0 Å². The molecular weight excluding hydrogens is 380 g/mol. The second-order valence-electron chi connectivity index (χ2n) is 7.20. The first-order valence-corrected chi connectivity index (χ1v) is 9.74. The molecule has 1 aliphatic carbocycles. The summed E-state index contributed by atoms with van der Waals surface area (Å²) in [6.45, 7) is 1.77. The van der Waals surface area contributed by atoms with Crippen molar-refractivity contribution in [2.45, 2.75) is 57.4 Å². The molecule has 9 heteroatoms. The van der Waals surface area contributed by atoms with E-state index in [1.807, 2.05) is 0 Å². The molecule has 0 saturated heterocycles. The van der Waals surface area contributed by atoms with E-state index < -0.39 is 28.8 Å². The number of carboxylic acid groups (broad SMARTS) is 1. The van der Waals surface area contributed by atoms with E-state index in [-0.39, 0.29) is 37.0 Å². The highest BCUT2D eigenvalue weighted by molar-refractivity contribution is 5.85. The molecule has 1 amide bonds. The fourth-order valence-electron chi connectivity index (χ4n) is 3.71. The highest BCUT2D eigenvalue weighted by atomic mass is 16.6. The first-order chi connectivity index (χ1) is 13.8. The van der Waals surface area contributed by atoms with Crippen LogP contribution in [0.3, 0.4) is 0 Å². The average Bonchev–Trinajstić information content (AvgIpc) is 3.17. The van der Waals surface area contributed by atoms with Gasteiger partial charge in [-0.25, -0.2) is 4.79 Å². The van der Waals surface area contributed by atoms with E-state index in [2.05, 4.69) is 5.32 Å². The first-order valence-electron chi connectivity index (χ1n) is 9.74. The predicted octanol–water partition coefficient (Wildman–Crippen LogP) is 2.78. The predicted molar refractivity (Wildman–Crippen MR) is 103 cm³/mol. The SMILES string of the molecule is CCOC(=O)C[C@H](c1ccc([N+](=O)[O-])cc1)[C@H](NC(=O)CC1CCCC1)C(=O)O. The van der Waals surface area contributed by atoms with Crippen molar-refractivity contribution in [2.75, 3.05) is 6.61 Å². The number of esters is 1. The Hall–Kier alpha value is -2.97. The molecule has 1 fully saturated rings. The largest absolute Gasteiger partial charge is 0.480 e. The van der Waals surface area contributed by atoms with Crippen molar-refractivity contribution in [3.63, 3.8) is 0 Å². The molecule has 158 valence electrons. The number of carbonyl (C=O) groups is 3. The van der Waals surface area contributed by atoms with Crippen LogP contribution in [0.25, 0.3) is 0 Å². The van der Waals surface area contributed by atoms with Gasteiger partial charge in [-0.05, 0) is 31.2 Å². The number of aliphatic carboxylic acids is 1. The molecule has 2 atom stereocenters. The van der Waals surface area contributed by atoms with Crippen LogP contribution in [0.1, 0.15) is 56.9 Å². The zero-order valence-electron chi connectivity index (χ0n) is 16.3. The third kappa shape index (κ3) is 6.55. The number of nitrogens with one attached hydrogen (secondary N) is 1. The molecule has 0 unspecified atom stereocenters. The molecule has 0 radical (unpaired) electrons. The third-order valence-electron chi connectivity index (χ3n) is 5.16. The molecule has 0 heterocycles. The number of rotatable bonds is 10. The molecule has 1 aromatic carbocycles. The molecule has 0 bridgehead atoms. The van der Waals surface area contributed by atoms with Gasteiger partial charge in [-0.15, -0.1) is 0 Å². The fourth-order valence-corrected chi connectivity index (χ4v) is 3.71. The van der Waals surface area contributed by atoms with Gasteiger partial charge in [0.2, 0.25) is 5.91 Å². The van der Waals surface area contributed by atoms with Crippen LogP contribution in [0.2, 0.25) is 0 Å². The van der Waals surface area contributed by atoms with Gasteiger partial charge < -0.3 is 15.2 Å². The van der Waals surface area contributed by atoms with Crippen LogP contribution < -0.4 is 5.32 Å². The van der Waals surface area contributed by atoms with E-state index in [4.69, 9.17) is 4.74 Å². The molecule has 2 rings (SSSR count). The Morgan fingerprint density at radius 2 is 1.86 bits per heavy atom. The molecular formula is C20H26N2O7. The van der Waals surface area contributed by atoms with E-state index in [0.29, 0.717) is 5.56 Å². The second-order valence-corrected chi connectivity index (χ2v) is 7.20. The number of nitro benzene ring substituents is 1. The summed E-state index contributed by atoms with van der Waals surface area (Å²) in [7, 11) is 0. The van der Waals surface area contributed by atoms with Crippen LogP contribution in [-0.2, 0) is 19.1 Å². The van der Waals surface area contributed by atoms with E-state index in [0.717, 1.165) is 25.7 Å². The number of carbonyl (C=O) groups excluding carboxylic acids is 2. The number of nitro groups is 1. The minimum atomic E-state index is -1.35. The van der Waals surface area contributed by atoms with E-state index in [1.54, 1.807) is 6.92 Å². The minimum absolute atomic E-state index is 0.137. The molecule has 9 nitrogen and oxygen atoms in total. The van der Waals surface area contributed by atoms with Gasteiger partial charge >= 0.3 is 11.9 Å². The number of amides is 1. The Balaban J connectivity index is 2.23. The lowest BCUT2D eigenvalue weighted by Gasteiger charge is -2.25. The van der Waals surface area contributed by atoms with Gasteiger partial charge in [-0.2, -0.15) is 0 Å². The standard InChI is InChI=1S/C20H26N2O7/c1-2-29-18(24)12-16(14-7-9-15(10-8-14)22(27)28)19(20(25)26)21-17(23)11-13-5-3-4-6-13/h7-10,13,16,19H,2-6,11-12H2,1H3,(H,21,23)(H,25,26)/t16-,19+/m1/s1. The van der Waals surface area contributed by atoms with Crippen LogP contribution in [-0.4, -0.2) is 40.5 Å². The summed E-state index contributed by atoms with van der Waals surface area (Å²) in [5.41, 5.74) is 0.248. The Morgan fingerprint density at radius 1 is 1.24 bits per heavy atom. The van der Waals surface area contributed by atoms with Crippen molar-refractivity contribution < 1.29 is 29.2 Å². The first kappa shape index (κ1) is 22.3. The lowest BCUT2D eigenvalue weighted by Crippen LogP contribution is -2.46. The number of hydrogen-bond donors (Lipinski definition) is 2. The third-order valence-corrected chi connectivity index (χ3v) is 5.16. The molecule has 2 N–H and O–H groups in total. The van der Waals surface area contributed by atoms with Gasteiger partial charge in [0.15, 0.2) is 0 Å². The van der Waals surface area contributed by atoms with Gasteiger partial charge in [0, 0.05) is 24.5 Å². The summed E-state index contributed by atoms with van der Waals surface area (Å²) in [4.78, 5) is 46.7. The number of hydrogen-bond acceptors (Lipinski definition) is 6. The normalized spacial score (nSPS) is 16.0. The highest BCUT2D eigenvalue weighted by Gasteiger charge is 2.34. The van der Waals surface area contributed by atoms with Crippen molar-refractivity contribution in [1.29, 1.82) is 0 Å². The van der Waals surface area contributed by atoms with Crippen LogP contribution in [0.15, 0.2) is 24.3 Å². The van der Waals surface area contributed by atoms with Gasteiger partial charge in [-0.3, -0.25) is 19.7 Å². The molecule has 0 spiro atoms. The minimum Gasteiger partial charge on any atom is -0.480 e. The molecule has 1 saturated carbocycles. The van der Waals surface area contributed by atoms with Crippen molar-refractivity contribution in [2.24, 2.45) is 5.92 Å². The zero-order valence-corrected chi connectivity index (χ0v) is 16.3. The smallest absolute Gasteiger partial charge is 0.326 e.